The smallest absolute Gasteiger partial charge is 0.303 e. The van der Waals surface area contributed by atoms with Crippen molar-refractivity contribution in [1.29, 1.82) is 0 Å². The van der Waals surface area contributed by atoms with Gasteiger partial charge in [0.25, 0.3) is 0 Å². The number of aromatic nitrogens is 2. The number of carboxylic acids is 1. The van der Waals surface area contributed by atoms with Gasteiger partial charge in [-0.05, 0) is 91.0 Å². The minimum Gasteiger partial charge on any atom is -0.508 e. The van der Waals surface area contributed by atoms with Crippen LogP contribution >= 0.6 is 0 Å². The number of hydrogen-bond donors (Lipinski definition) is 17. The Morgan fingerprint density at radius 3 is 1.56 bits per heavy atom. The van der Waals surface area contributed by atoms with E-state index in [9.17, 15) is 58.5 Å². The molecule has 0 spiro atoms. The number of nitrogens with two attached hydrogens (primary N) is 4. The molecule has 0 radical (unpaired) electrons. The zero-order valence-electron chi connectivity index (χ0n) is 53.9. The molecule has 6 aromatic rings. The van der Waals surface area contributed by atoms with Crippen LogP contribution in [0.5, 0.6) is 5.75 Å². The molecule has 4 aromatic carbocycles. The molecule has 7 rings (SSSR count). The molecule has 1 fully saturated rings. The highest BCUT2D eigenvalue weighted by Crippen LogP contribution is 2.24. The van der Waals surface area contributed by atoms with Crippen molar-refractivity contribution in [1.82, 2.24) is 57.4 Å². The molecule has 3 heterocycles. The maximum absolute atomic E-state index is 15.1. The van der Waals surface area contributed by atoms with Crippen molar-refractivity contribution >= 4 is 92.8 Å². The molecule has 30 heteroatoms. The molecule has 2 aromatic heterocycles. The van der Waals surface area contributed by atoms with Crippen molar-refractivity contribution in [2.75, 3.05) is 26.2 Å². The molecule has 0 saturated carbocycles. The van der Waals surface area contributed by atoms with Gasteiger partial charge in [0.2, 0.25) is 59.1 Å². The van der Waals surface area contributed by atoms with E-state index in [1.807, 2.05) is 0 Å². The molecule has 21 N–H and O–H groups in total. The number of aromatic amines is 2. The van der Waals surface area contributed by atoms with Crippen LogP contribution in [0, 0.1) is 5.92 Å². The van der Waals surface area contributed by atoms with Gasteiger partial charge in [-0.1, -0.05) is 92.7 Å². The number of carbonyl (C=O) groups excluding carboxylic acids is 10. The van der Waals surface area contributed by atoms with E-state index >= 15 is 9.59 Å². The molecule has 9 atom stereocenters. The summed E-state index contributed by atoms with van der Waals surface area (Å²) in [5.74, 6) is -10.2. The minimum atomic E-state index is -1.82. The van der Waals surface area contributed by atoms with Crippen LogP contribution in [-0.4, -0.2) is 182 Å². The SMILES string of the molecule is CC(C)C[C@H](NC(=O)[C@@H](Cc1c[nH]c2ccccc12)NC(=O)[C@H](Cc1ccc(O)cc1)NC(=O)[C@H](CO)NC(=O)[C@@H](Cc1c[nH]c2ccccc12)NC(=O)[C@@H](Cc1ccccc1)NC(=O)[C@H](N)CCC(=O)O)C(=O)N[C@@H](CCCN=C(N)N)C(=O)N1CCC[C@H]1C(=O)NCC(N)=O. The molecule has 97 heavy (non-hydrogen) atoms. The molecule has 0 aliphatic carbocycles. The number of phenolic OH excluding ortho intramolecular Hbond substituents is 1. The highest BCUT2D eigenvalue weighted by atomic mass is 16.4. The number of para-hydroxylation sites is 2. The van der Waals surface area contributed by atoms with E-state index in [0.29, 0.717) is 50.5 Å². The molecular weight excluding hydrogens is 1250 g/mol. The lowest BCUT2D eigenvalue weighted by molar-refractivity contribution is -0.142. The molecule has 0 unspecified atom stereocenters. The fourth-order valence-electron chi connectivity index (χ4n) is 11.4. The van der Waals surface area contributed by atoms with Crippen LogP contribution in [0.25, 0.3) is 21.8 Å². The summed E-state index contributed by atoms with van der Waals surface area (Å²) in [6.45, 7) is 2.28. The predicted molar refractivity (Wildman–Crippen MR) is 358 cm³/mol. The van der Waals surface area contributed by atoms with Crippen LogP contribution in [0.1, 0.15) is 81.0 Å². The largest absolute Gasteiger partial charge is 0.508 e. The fraction of sp³-hybridized carbons (Fsp3) is 0.403. The number of primary amides is 1. The van der Waals surface area contributed by atoms with Crippen LogP contribution < -0.4 is 65.5 Å². The van der Waals surface area contributed by atoms with Gasteiger partial charge in [-0.25, -0.2) is 0 Å². The fourth-order valence-corrected chi connectivity index (χ4v) is 11.4. The first kappa shape index (κ1) is 73.5. The lowest BCUT2D eigenvalue weighted by Gasteiger charge is -2.30. The van der Waals surface area contributed by atoms with E-state index in [1.165, 1.54) is 29.2 Å². The highest BCUT2D eigenvalue weighted by molar-refractivity contribution is 6.00. The molecule has 30 nitrogen and oxygen atoms in total. The quantitative estimate of drug-likeness (QED) is 0.0126. The Labute approximate surface area is 558 Å². The molecule has 1 saturated heterocycles. The van der Waals surface area contributed by atoms with Gasteiger partial charge in [-0.2, -0.15) is 0 Å². The normalized spacial score (nSPS) is 15.3. The molecule has 518 valence electrons. The summed E-state index contributed by atoms with van der Waals surface area (Å²) < 4.78 is 0. The van der Waals surface area contributed by atoms with Gasteiger partial charge in [-0.3, -0.25) is 57.7 Å². The lowest BCUT2D eigenvalue weighted by atomic mass is 9.99. The average molecular weight is 1340 g/mol. The second-order valence-corrected chi connectivity index (χ2v) is 24.3. The number of aliphatic hydroxyl groups is 1. The number of phenols is 1. The summed E-state index contributed by atoms with van der Waals surface area (Å²) in [4.78, 5) is 164. The zero-order chi connectivity index (χ0) is 70.3. The number of nitrogens with zero attached hydrogens (tertiary/aromatic N) is 2. The average Bonchev–Trinajstić information content (AvgIpc) is 1.76. The number of guanidine groups is 1. The van der Waals surface area contributed by atoms with Gasteiger partial charge in [-0.15, -0.1) is 0 Å². The summed E-state index contributed by atoms with van der Waals surface area (Å²) >= 11 is 0. The third-order valence-corrected chi connectivity index (χ3v) is 16.4. The number of benzene rings is 4. The topological polar surface area (TPSA) is 496 Å². The van der Waals surface area contributed by atoms with E-state index in [0.717, 1.165) is 0 Å². The number of carbonyl (C=O) groups is 11. The Kier molecular flexibility index (Phi) is 27.0. The number of aromatic hydroxyl groups is 1. The number of amides is 10. The standard InChI is InChI=1S/C67H86N16O14/c1-37(2)28-49(59(90)76-48(18-10-26-72-67(70)71)66(97)83-27-11-19-55(83)65(96)75-35-56(69)86)78-62(93)52(31-40-33-73-46-16-8-6-14-43(40)46)80-61(92)51(30-39-20-22-42(85)23-21-39)79-64(95)54(36-84)82-63(94)53(32-41-34-74-47-17-9-7-15-44(41)47)81-60(91)50(29-38-12-4-3-5-13-38)77-58(89)45(68)24-25-57(87)88/h3-9,12-17,20-23,33-34,37,45,48-55,73-74,84-85H,10-11,18-19,24-32,35-36,68H2,1-2H3,(H2,69,86)(H,75,96)(H,76,90)(H,77,89)(H,78,93)(H,79,95)(H,80,92)(H,81,91)(H,82,94)(H,87,88)(H4,70,71,72)/t45-,48+,49+,50-,51+,52-,53-,54+,55+/m1/s1. The van der Waals surface area contributed by atoms with E-state index < -0.39 is 139 Å². The van der Waals surface area contributed by atoms with Crippen LogP contribution in [0.2, 0.25) is 0 Å². The van der Waals surface area contributed by atoms with Crippen LogP contribution in [-0.2, 0) is 78.4 Å². The van der Waals surface area contributed by atoms with Gasteiger partial charge >= 0.3 is 5.97 Å². The number of H-pyrrole nitrogens is 2. The molecule has 0 bridgehead atoms. The first-order chi connectivity index (χ1) is 46.4. The highest BCUT2D eigenvalue weighted by Gasteiger charge is 2.40. The van der Waals surface area contributed by atoms with Gasteiger partial charge in [0.05, 0.1) is 19.2 Å². The Hall–Kier alpha value is -10.9. The second-order valence-electron chi connectivity index (χ2n) is 24.3. The summed E-state index contributed by atoms with van der Waals surface area (Å²) in [5, 5.41) is 53.0. The number of aliphatic hydroxyl groups excluding tert-OH is 1. The van der Waals surface area contributed by atoms with Crippen LogP contribution in [0.4, 0.5) is 0 Å². The van der Waals surface area contributed by atoms with Gasteiger partial charge in [0.1, 0.15) is 54.1 Å². The van der Waals surface area contributed by atoms with Crippen molar-refractivity contribution in [3.05, 3.63) is 138 Å². The van der Waals surface area contributed by atoms with Crippen molar-refractivity contribution in [3.63, 3.8) is 0 Å². The minimum absolute atomic E-state index is 0.0118. The van der Waals surface area contributed by atoms with Crippen molar-refractivity contribution in [3.8, 4) is 5.75 Å². The molecular formula is C67H86N16O14. The summed E-state index contributed by atoms with van der Waals surface area (Å²) in [6, 6.07) is 15.7. The third-order valence-electron chi connectivity index (χ3n) is 16.4. The number of fused-ring (bicyclic) bond motifs is 2. The van der Waals surface area contributed by atoms with Crippen LogP contribution in [0.3, 0.4) is 0 Å². The monoisotopic (exact) mass is 1340 g/mol. The number of carboxylic acid groups (broad SMARTS) is 1. The first-order valence-electron chi connectivity index (χ1n) is 31.9. The number of hydrogen-bond acceptors (Lipinski definition) is 15. The Morgan fingerprint density at radius 2 is 1.04 bits per heavy atom. The van der Waals surface area contributed by atoms with E-state index in [2.05, 4.69) is 57.5 Å². The van der Waals surface area contributed by atoms with E-state index in [-0.39, 0.29) is 88.5 Å². The number of likely N-dealkylation sites (tertiary alicyclic amines) is 1. The van der Waals surface area contributed by atoms with Crippen molar-refractivity contribution in [2.45, 2.75) is 139 Å². The Bertz CT molecular complexity index is 3780. The van der Waals surface area contributed by atoms with E-state index in [4.69, 9.17) is 22.9 Å². The number of aliphatic carboxylic acids is 1. The van der Waals surface area contributed by atoms with Gasteiger partial charge in [0, 0.05) is 79.4 Å². The second kappa shape index (κ2) is 35.6. The summed E-state index contributed by atoms with van der Waals surface area (Å²) in [5.41, 5.74) is 25.9. The molecule has 1 aliphatic rings. The zero-order valence-corrected chi connectivity index (χ0v) is 53.9. The number of rotatable bonds is 36. The number of aliphatic imine (C=N–C) groups is 1. The predicted octanol–water partition coefficient (Wildman–Crippen LogP) is -1.10. The molecule has 1 aliphatic heterocycles. The lowest BCUT2D eigenvalue weighted by Crippen LogP contribution is -2.61. The third kappa shape index (κ3) is 21.8. The van der Waals surface area contributed by atoms with Crippen LogP contribution in [0.15, 0.2) is 121 Å². The maximum atomic E-state index is 15.1. The van der Waals surface area contributed by atoms with Crippen molar-refractivity contribution in [2.24, 2.45) is 33.8 Å². The summed E-state index contributed by atoms with van der Waals surface area (Å²) in [6.07, 6.45) is 2.63. The summed E-state index contributed by atoms with van der Waals surface area (Å²) in [7, 11) is 0. The Balaban J connectivity index is 1.16. The van der Waals surface area contributed by atoms with Gasteiger partial charge in [0.15, 0.2) is 5.96 Å². The van der Waals surface area contributed by atoms with Gasteiger partial charge < -0.3 is 95.7 Å². The molecule has 10 amide bonds. The Morgan fingerprint density at radius 1 is 0.577 bits per heavy atom. The van der Waals surface area contributed by atoms with E-state index in [1.54, 1.807) is 105 Å². The first-order valence-corrected chi connectivity index (χ1v) is 31.9. The maximum Gasteiger partial charge on any atom is 0.303 e. The van der Waals surface area contributed by atoms with Crippen molar-refractivity contribution < 1.29 is 68.1 Å². The number of nitrogens with one attached hydrogen (secondary N) is 10.